The first-order valence-electron chi connectivity index (χ1n) is 6.25. The van der Waals surface area contributed by atoms with E-state index in [-0.39, 0.29) is 11.3 Å². The predicted octanol–water partition coefficient (Wildman–Crippen LogP) is 2.97. The summed E-state index contributed by atoms with van der Waals surface area (Å²) in [7, 11) is 2.78. The molecular weight excluding hydrogens is 312 g/mol. The molecule has 0 atom stereocenters. The van der Waals surface area contributed by atoms with E-state index in [1.54, 1.807) is 16.0 Å². The van der Waals surface area contributed by atoms with E-state index < -0.39 is 17.5 Å². The molecule has 0 bridgehead atoms. The molecule has 0 aliphatic carbocycles. The van der Waals surface area contributed by atoms with Crippen LogP contribution in [0, 0.1) is 11.6 Å². The Morgan fingerprint density at radius 3 is 2.64 bits per heavy atom. The van der Waals surface area contributed by atoms with Crippen molar-refractivity contribution in [2.45, 2.75) is 0 Å². The number of halogens is 2. The van der Waals surface area contributed by atoms with Crippen LogP contribution in [0.2, 0.25) is 0 Å². The van der Waals surface area contributed by atoms with E-state index in [1.807, 2.05) is 0 Å². The van der Waals surface area contributed by atoms with Crippen LogP contribution in [-0.4, -0.2) is 34.5 Å². The van der Waals surface area contributed by atoms with E-state index in [2.05, 4.69) is 4.98 Å². The molecule has 2 aromatic heterocycles. The van der Waals surface area contributed by atoms with E-state index in [1.165, 1.54) is 25.5 Å². The van der Waals surface area contributed by atoms with E-state index in [0.29, 0.717) is 10.7 Å². The number of fused-ring (bicyclic) bond motifs is 1. The van der Waals surface area contributed by atoms with Crippen LogP contribution in [0.4, 0.5) is 8.78 Å². The van der Waals surface area contributed by atoms with Crippen LogP contribution in [-0.2, 0) is 4.84 Å². The Kier molecular flexibility index (Phi) is 3.63. The highest BCUT2D eigenvalue weighted by Gasteiger charge is 2.24. The van der Waals surface area contributed by atoms with Crippen molar-refractivity contribution >= 4 is 22.2 Å². The van der Waals surface area contributed by atoms with Crippen LogP contribution in [0.1, 0.15) is 10.5 Å². The Hall–Kier alpha value is -2.32. The van der Waals surface area contributed by atoms with Gasteiger partial charge >= 0.3 is 0 Å². The molecule has 1 aromatic carbocycles. The zero-order chi connectivity index (χ0) is 15.9. The lowest BCUT2D eigenvalue weighted by Crippen LogP contribution is -2.26. The van der Waals surface area contributed by atoms with Gasteiger partial charge in [-0.15, -0.1) is 11.3 Å². The maximum Gasteiger partial charge on any atom is 0.298 e. The van der Waals surface area contributed by atoms with Crippen molar-refractivity contribution in [3.8, 4) is 11.3 Å². The van der Waals surface area contributed by atoms with Crippen LogP contribution >= 0.6 is 11.3 Å². The van der Waals surface area contributed by atoms with Gasteiger partial charge in [-0.25, -0.2) is 18.8 Å². The number of carbonyl (C=O) groups excluding carboxylic acids is 1. The average Bonchev–Trinajstić information content (AvgIpc) is 3.04. The molecule has 0 saturated carbocycles. The minimum atomic E-state index is -0.723. The predicted molar refractivity (Wildman–Crippen MR) is 77.5 cm³/mol. The minimum absolute atomic E-state index is 0.0706. The van der Waals surface area contributed by atoms with Crippen LogP contribution in [0.25, 0.3) is 16.2 Å². The first-order valence-corrected chi connectivity index (χ1v) is 7.13. The Labute approximate surface area is 128 Å². The lowest BCUT2D eigenvalue weighted by atomic mass is 10.1. The van der Waals surface area contributed by atoms with Crippen molar-refractivity contribution in [1.29, 1.82) is 0 Å². The van der Waals surface area contributed by atoms with Crippen molar-refractivity contribution in [3.63, 3.8) is 0 Å². The van der Waals surface area contributed by atoms with Crippen molar-refractivity contribution < 1.29 is 18.4 Å². The molecule has 0 aliphatic rings. The van der Waals surface area contributed by atoms with E-state index in [9.17, 15) is 13.6 Å². The molecule has 0 N–H and O–H groups in total. The number of thiazole rings is 1. The first kappa shape index (κ1) is 14.6. The third kappa shape index (κ3) is 2.36. The number of benzene rings is 1. The van der Waals surface area contributed by atoms with Gasteiger partial charge in [-0.2, -0.15) is 0 Å². The molecule has 0 radical (unpaired) electrons. The number of nitrogens with zero attached hydrogens (tertiary/aromatic N) is 3. The SMILES string of the molecule is CON(C)C(=O)c1nc2sccn2c1-c1cc(F)cc(F)c1. The first-order chi connectivity index (χ1) is 10.5. The largest absolute Gasteiger partial charge is 0.298 e. The Morgan fingerprint density at radius 2 is 2.00 bits per heavy atom. The Bertz CT molecular complexity index is 839. The second-order valence-electron chi connectivity index (χ2n) is 4.51. The zero-order valence-corrected chi connectivity index (χ0v) is 12.5. The van der Waals surface area contributed by atoms with E-state index in [4.69, 9.17) is 4.84 Å². The summed E-state index contributed by atoms with van der Waals surface area (Å²) >= 11 is 1.31. The smallest absolute Gasteiger partial charge is 0.289 e. The highest BCUT2D eigenvalue weighted by Crippen LogP contribution is 2.29. The highest BCUT2D eigenvalue weighted by atomic mass is 32.1. The van der Waals surface area contributed by atoms with E-state index in [0.717, 1.165) is 23.3 Å². The van der Waals surface area contributed by atoms with Crippen molar-refractivity contribution in [3.05, 3.63) is 47.1 Å². The number of amides is 1. The molecule has 3 rings (SSSR count). The van der Waals surface area contributed by atoms with Crippen molar-refractivity contribution in [2.75, 3.05) is 14.2 Å². The molecule has 3 aromatic rings. The monoisotopic (exact) mass is 323 g/mol. The van der Waals surface area contributed by atoms with Crippen LogP contribution in [0.15, 0.2) is 29.8 Å². The molecule has 0 saturated heterocycles. The zero-order valence-electron chi connectivity index (χ0n) is 11.7. The minimum Gasteiger partial charge on any atom is -0.289 e. The van der Waals surface area contributed by atoms with Gasteiger partial charge in [0.2, 0.25) is 0 Å². The summed E-state index contributed by atoms with van der Waals surface area (Å²) in [6.45, 7) is 0. The second kappa shape index (κ2) is 5.47. The average molecular weight is 323 g/mol. The fourth-order valence-electron chi connectivity index (χ4n) is 2.13. The molecule has 2 heterocycles. The maximum atomic E-state index is 13.5. The topological polar surface area (TPSA) is 46.8 Å². The molecular formula is C14H11F2N3O2S. The van der Waals surface area contributed by atoms with Gasteiger partial charge in [0, 0.05) is 30.3 Å². The normalized spacial score (nSPS) is 11.1. The lowest BCUT2D eigenvalue weighted by molar-refractivity contribution is -0.0759. The standard InChI is InChI=1S/C14H11F2N3O2S/c1-18(21-2)13(20)11-12(19-3-4-22-14(19)17-11)8-5-9(15)7-10(16)6-8/h3-7H,1-2H3. The molecule has 0 fully saturated rings. The summed E-state index contributed by atoms with van der Waals surface area (Å²) < 4.78 is 28.7. The van der Waals surface area contributed by atoms with Crippen LogP contribution in [0.3, 0.4) is 0 Å². The van der Waals surface area contributed by atoms with Crippen molar-refractivity contribution in [1.82, 2.24) is 14.4 Å². The quantitative estimate of drug-likeness (QED) is 0.696. The maximum absolute atomic E-state index is 13.5. The van der Waals surface area contributed by atoms with Gasteiger partial charge in [0.1, 0.15) is 11.6 Å². The summed E-state index contributed by atoms with van der Waals surface area (Å²) in [6.07, 6.45) is 1.69. The molecule has 0 aliphatic heterocycles. The fourth-order valence-corrected chi connectivity index (χ4v) is 2.85. The molecule has 1 amide bonds. The summed E-state index contributed by atoms with van der Waals surface area (Å²) in [5, 5.41) is 2.78. The molecule has 5 nitrogen and oxygen atoms in total. The highest BCUT2D eigenvalue weighted by molar-refractivity contribution is 7.15. The number of carbonyl (C=O) groups is 1. The van der Waals surface area contributed by atoms with Crippen molar-refractivity contribution in [2.24, 2.45) is 0 Å². The van der Waals surface area contributed by atoms with Gasteiger partial charge in [-0.3, -0.25) is 14.0 Å². The van der Waals surface area contributed by atoms with E-state index >= 15 is 0 Å². The third-order valence-electron chi connectivity index (χ3n) is 3.16. The Morgan fingerprint density at radius 1 is 1.32 bits per heavy atom. The molecule has 0 unspecified atom stereocenters. The summed E-state index contributed by atoms with van der Waals surface area (Å²) in [4.78, 5) is 22.0. The number of hydrogen-bond donors (Lipinski definition) is 0. The number of hydroxylamine groups is 2. The molecule has 8 heteroatoms. The van der Waals surface area contributed by atoms with Gasteiger partial charge in [0.05, 0.1) is 12.8 Å². The van der Waals surface area contributed by atoms with Gasteiger partial charge in [0.25, 0.3) is 5.91 Å². The Balaban J connectivity index is 2.26. The number of rotatable bonds is 3. The number of imidazole rings is 1. The summed E-state index contributed by atoms with van der Waals surface area (Å²) in [6, 6.07) is 3.10. The van der Waals surface area contributed by atoms with Gasteiger partial charge in [0.15, 0.2) is 10.7 Å². The van der Waals surface area contributed by atoms with Gasteiger partial charge in [-0.05, 0) is 12.1 Å². The molecule has 114 valence electrons. The fraction of sp³-hybridized carbons (Fsp3) is 0.143. The third-order valence-corrected chi connectivity index (χ3v) is 3.92. The van der Waals surface area contributed by atoms with Gasteiger partial charge in [-0.1, -0.05) is 0 Å². The summed E-state index contributed by atoms with van der Waals surface area (Å²) in [5.74, 6) is -1.95. The number of aromatic nitrogens is 2. The second-order valence-corrected chi connectivity index (χ2v) is 5.38. The summed E-state index contributed by atoms with van der Waals surface area (Å²) in [5.41, 5.74) is 0.626. The molecule has 0 spiro atoms. The lowest BCUT2D eigenvalue weighted by Gasteiger charge is -2.13. The number of hydrogen-bond acceptors (Lipinski definition) is 4. The molecule has 22 heavy (non-hydrogen) atoms. The van der Waals surface area contributed by atoms with Crippen LogP contribution in [0.5, 0.6) is 0 Å². The van der Waals surface area contributed by atoms with Crippen LogP contribution < -0.4 is 0 Å². The van der Waals surface area contributed by atoms with Gasteiger partial charge < -0.3 is 0 Å².